The lowest BCUT2D eigenvalue weighted by Crippen LogP contribution is -2.31. The van der Waals surface area contributed by atoms with Gasteiger partial charge in [0.25, 0.3) is 0 Å². The van der Waals surface area contributed by atoms with Gasteiger partial charge in [-0.1, -0.05) is 0 Å². The number of amidine groups is 1. The van der Waals surface area contributed by atoms with Crippen LogP contribution in [0.2, 0.25) is 0 Å². The summed E-state index contributed by atoms with van der Waals surface area (Å²) in [5, 5.41) is 20.7. The molecular weight excluding hydrogens is 378 g/mol. The summed E-state index contributed by atoms with van der Waals surface area (Å²) in [5.41, 5.74) is 3.42. The molecule has 1 aromatic carbocycles. The molecule has 0 saturated heterocycles. The van der Waals surface area contributed by atoms with Crippen molar-refractivity contribution in [1.82, 2.24) is 4.90 Å². The molecule has 8 heteroatoms. The number of allylic oxidation sites excluding steroid dienone is 1. The number of ether oxygens (including phenoxy) is 1. The van der Waals surface area contributed by atoms with Gasteiger partial charge >= 0.3 is 5.69 Å². The molecule has 3 heterocycles. The van der Waals surface area contributed by atoms with E-state index in [1.165, 1.54) is 17.7 Å². The van der Waals surface area contributed by atoms with Gasteiger partial charge in [0.15, 0.2) is 5.75 Å². The van der Waals surface area contributed by atoms with Crippen molar-refractivity contribution >= 4 is 27.5 Å². The molecule has 1 N–H and O–H groups in total. The SMILES string of the molecule is O=[N+]([O-])c1cc(C2=NC=C3C(Br)=COCC4=C3N2CC4)ccc1O. The average molecular weight is 390 g/mol. The molecule has 0 unspecified atom stereocenters. The third kappa shape index (κ3) is 2.22. The van der Waals surface area contributed by atoms with E-state index < -0.39 is 4.92 Å². The molecule has 0 saturated carbocycles. The van der Waals surface area contributed by atoms with E-state index in [1.54, 1.807) is 18.5 Å². The van der Waals surface area contributed by atoms with Crippen LogP contribution in [0.3, 0.4) is 0 Å². The van der Waals surface area contributed by atoms with Crippen molar-refractivity contribution in [3.63, 3.8) is 0 Å². The number of aromatic hydroxyl groups is 1. The fraction of sp³-hybridized carbons (Fsp3) is 0.188. The van der Waals surface area contributed by atoms with E-state index in [9.17, 15) is 15.2 Å². The molecule has 0 spiro atoms. The standard InChI is InChI=1S/C16H12BrN3O4/c17-12-8-24-7-10-3-4-19-15(10)11(12)6-18-16(19)9-1-2-14(21)13(5-9)20(22)23/h1-2,5-6,8,21H,3-4,7H2. The first-order valence-corrected chi connectivity index (χ1v) is 8.09. The number of halogens is 1. The van der Waals surface area contributed by atoms with Gasteiger partial charge in [-0.25, -0.2) is 4.99 Å². The minimum absolute atomic E-state index is 0.330. The molecule has 0 amide bonds. The lowest BCUT2D eigenvalue weighted by atomic mass is 10.1. The van der Waals surface area contributed by atoms with Gasteiger partial charge in [-0.15, -0.1) is 0 Å². The second-order valence-electron chi connectivity index (χ2n) is 5.59. The van der Waals surface area contributed by atoms with Gasteiger partial charge in [0.2, 0.25) is 0 Å². The zero-order valence-electron chi connectivity index (χ0n) is 12.4. The molecule has 0 radical (unpaired) electrons. The Morgan fingerprint density at radius 2 is 2.25 bits per heavy atom. The van der Waals surface area contributed by atoms with Crippen LogP contribution in [0.4, 0.5) is 5.69 Å². The summed E-state index contributed by atoms with van der Waals surface area (Å²) < 4.78 is 6.35. The van der Waals surface area contributed by atoms with Crippen LogP contribution in [0.25, 0.3) is 0 Å². The van der Waals surface area contributed by atoms with E-state index >= 15 is 0 Å². The summed E-state index contributed by atoms with van der Waals surface area (Å²) in [6, 6.07) is 4.31. The fourth-order valence-electron chi connectivity index (χ4n) is 3.11. The lowest BCUT2D eigenvalue weighted by molar-refractivity contribution is -0.385. The predicted molar refractivity (Wildman–Crippen MR) is 90.7 cm³/mol. The number of phenols is 1. The molecule has 24 heavy (non-hydrogen) atoms. The maximum atomic E-state index is 11.1. The van der Waals surface area contributed by atoms with Crippen molar-refractivity contribution in [3.05, 3.63) is 67.7 Å². The molecule has 3 aliphatic heterocycles. The van der Waals surface area contributed by atoms with Crippen molar-refractivity contribution < 1.29 is 14.8 Å². The Hall–Kier alpha value is -2.61. The molecule has 1 aromatic rings. The van der Waals surface area contributed by atoms with Gasteiger partial charge in [-0.3, -0.25) is 10.1 Å². The lowest BCUT2D eigenvalue weighted by Gasteiger charge is -2.28. The number of benzene rings is 1. The molecule has 0 aliphatic carbocycles. The quantitative estimate of drug-likeness (QED) is 0.619. The van der Waals surface area contributed by atoms with Gasteiger partial charge in [0.1, 0.15) is 12.4 Å². The second-order valence-corrected chi connectivity index (χ2v) is 6.44. The maximum Gasteiger partial charge on any atom is 0.311 e. The molecule has 0 aromatic heterocycles. The van der Waals surface area contributed by atoms with Crippen LogP contribution in [0.1, 0.15) is 12.0 Å². The van der Waals surface area contributed by atoms with Crippen LogP contribution >= 0.6 is 15.9 Å². The Morgan fingerprint density at radius 1 is 1.42 bits per heavy atom. The van der Waals surface area contributed by atoms with Crippen molar-refractivity contribution in [1.29, 1.82) is 0 Å². The van der Waals surface area contributed by atoms with E-state index in [0.717, 1.165) is 28.7 Å². The first-order valence-electron chi connectivity index (χ1n) is 7.29. The first-order chi connectivity index (χ1) is 11.6. The fourth-order valence-corrected chi connectivity index (χ4v) is 3.53. The Morgan fingerprint density at radius 3 is 3.04 bits per heavy atom. The monoisotopic (exact) mass is 389 g/mol. The largest absolute Gasteiger partial charge is 0.502 e. The van der Waals surface area contributed by atoms with Crippen molar-refractivity contribution in [2.75, 3.05) is 13.2 Å². The van der Waals surface area contributed by atoms with Crippen LogP contribution in [0, 0.1) is 10.1 Å². The van der Waals surface area contributed by atoms with Crippen LogP contribution in [0.15, 0.2) is 57.0 Å². The zero-order valence-corrected chi connectivity index (χ0v) is 14.0. The number of phenolic OH excluding ortho intramolecular Hbond substituents is 1. The third-order valence-electron chi connectivity index (χ3n) is 4.20. The number of aliphatic imine (C=N–C) groups is 1. The van der Waals surface area contributed by atoms with Gasteiger partial charge in [-0.05, 0) is 40.1 Å². The molecule has 0 fully saturated rings. The minimum Gasteiger partial charge on any atom is -0.502 e. The highest BCUT2D eigenvalue weighted by atomic mass is 79.9. The molecule has 122 valence electrons. The minimum atomic E-state index is -0.600. The predicted octanol–water partition coefficient (Wildman–Crippen LogP) is 3.17. The summed E-state index contributed by atoms with van der Waals surface area (Å²) in [7, 11) is 0. The normalized spacial score (nSPS) is 19.0. The maximum absolute atomic E-state index is 11.1. The highest BCUT2D eigenvalue weighted by molar-refractivity contribution is 9.12. The Kier molecular flexibility index (Phi) is 3.42. The summed E-state index contributed by atoms with van der Waals surface area (Å²) >= 11 is 3.49. The van der Waals surface area contributed by atoms with Crippen LogP contribution in [-0.2, 0) is 4.74 Å². The molecule has 7 nitrogen and oxygen atoms in total. The van der Waals surface area contributed by atoms with E-state index in [0.29, 0.717) is 18.0 Å². The number of nitro groups is 1. The topological polar surface area (TPSA) is 88.2 Å². The van der Waals surface area contributed by atoms with Gasteiger partial charge in [0.05, 0.1) is 21.4 Å². The highest BCUT2D eigenvalue weighted by Crippen LogP contribution is 2.40. The van der Waals surface area contributed by atoms with E-state index in [-0.39, 0.29) is 11.4 Å². The van der Waals surface area contributed by atoms with E-state index in [4.69, 9.17) is 4.74 Å². The number of nitro benzene ring substituents is 1. The Balaban J connectivity index is 1.84. The molecular formula is C16H12BrN3O4. The van der Waals surface area contributed by atoms with Gasteiger partial charge in [-0.2, -0.15) is 0 Å². The van der Waals surface area contributed by atoms with Crippen molar-refractivity contribution in [3.8, 4) is 5.75 Å². The molecule has 4 rings (SSSR count). The van der Waals surface area contributed by atoms with Crippen LogP contribution in [0.5, 0.6) is 5.75 Å². The Bertz CT molecular complexity index is 885. The van der Waals surface area contributed by atoms with Crippen LogP contribution < -0.4 is 0 Å². The van der Waals surface area contributed by atoms with Crippen molar-refractivity contribution in [2.45, 2.75) is 6.42 Å². The number of nitrogens with zero attached hydrogens (tertiary/aromatic N) is 3. The number of hydrogen-bond donors (Lipinski definition) is 1. The smallest absolute Gasteiger partial charge is 0.311 e. The number of rotatable bonds is 2. The number of hydrogen-bond acceptors (Lipinski definition) is 6. The highest BCUT2D eigenvalue weighted by Gasteiger charge is 2.34. The second kappa shape index (κ2) is 5.48. The third-order valence-corrected chi connectivity index (χ3v) is 4.81. The van der Waals surface area contributed by atoms with Gasteiger partial charge < -0.3 is 14.7 Å². The van der Waals surface area contributed by atoms with Crippen molar-refractivity contribution in [2.24, 2.45) is 4.99 Å². The summed E-state index contributed by atoms with van der Waals surface area (Å²) in [6.07, 6.45) is 4.24. The Labute approximate surface area is 145 Å². The van der Waals surface area contributed by atoms with E-state index in [1.807, 2.05) is 4.90 Å². The van der Waals surface area contributed by atoms with Gasteiger partial charge in [0, 0.05) is 29.9 Å². The van der Waals surface area contributed by atoms with E-state index in [2.05, 4.69) is 20.9 Å². The summed E-state index contributed by atoms with van der Waals surface area (Å²) in [6.45, 7) is 1.25. The molecule has 3 aliphatic rings. The average Bonchev–Trinajstić information content (AvgIpc) is 2.91. The molecule has 0 atom stereocenters. The van der Waals surface area contributed by atoms with Crippen LogP contribution in [-0.4, -0.2) is 33.9 Å². The first kappa shape index (κ1) is 14.9. The molecule has 0 bridgehead atoms. The summed E-state index contributed by atoms with van der Waals surface area (Å²) in [5.74, 6) is 0.278. The zero-order chi connectivity index (χ0) is 16.8. The summed E-state index contributed by atoms with van der Waals surface area (Å²) in [4.78, 5) is 17.0.